The van der Waals surface area contributed by atoms with Gasteiger partial charge >= 0.3 is 0 Å². The quantitative estimate of drug-likeness (QED) is 0.269. The lowest BCUT2D eigenvalue weighted by molar-refractivity contribution is 0.318. The number of aryl methyl sites for hydroxylation is 1. The topological polar surface area (TPSA) is 76.4 Å². The predicted octanol–water partition coefficient (Wildman–Crippen LogP) is 3.14. The Morgan fingerprint density at radius 3 is 2.86 bits per heavy atom. The molecular formula is C21H33IN6O. The fraction of sp³-hybridized carbons (Fsp3) is 0.571. The number of guanidine groups is 1. The molecule has 0 amide bonds. The Balaban J connectivity index is 0.00000300. The Labute approximate surface area is 190 Å². The van der Waals surface area contributed by atoms with E-state index < -0.39 is 0 Å². The molecule has 2 heterocycles. The molecule has 7 nitrogen and oxygen atoms in total. The molecule has 1 aliphatic rings. The molecule has 1 aromatic heterocycles. The van der Waals surface area contributed by atoms with E-state index in [1.807, 2.05) is 16.8 Å². The van der Waals surface area contributed by atoms with Crippen LogP contribution in [0.25, 0.3) is 0 Å². The van der Waals surface area contributed by atoms with Crippen molar-refractivity contribution in [3.63, 3.8) is 0 Å². The summed E-state index contributed by atoms with van der Waals surface area (Å²) in [5, 5.41) is 11.1. The Kier molecular flexibility index (Phi) is 8.73. The van der Waals surface area contributed by atoms with Gasteiger partial charge in [0.15, 0.2) is 5.96 Å². The van der Waals surface area contributed by atoms with E-state index in [0.717, 1.165) is 43.5 Å². The van der Waals surface area contributed by atoms with Gasteiger partial charge in [-0.05, 0) is 30.4 Å². The van der Waals surface area contributed by atoms with Crippen molar-refractivity contribution >= 4 is 29.9 Å². The third-order valence-electron chi connectivity index (χ3n) is 4.80. The van der Waals surface area contributed by atoms with Gasteiger partial charge in [-0.15, -0.1) is 24.0 Å². The largest absolute Gasteiger partial charge is 0.491 e. The molecule has 1 unspecified atom stereocenters. The number of para-hydroxylation sites is 1. The van der Waals surface area contributed by atoms with Crippen LogP contribution >= 0.6 is 24.0 Å². The zero-order valence-electron chi connectivity index (χ0n) is 17.8. The van der Waals surface area contributed by atoms with Crippen molar-refractivity contribution in [2.24, 2.45) is 4.99 Å². The minimum Gasteiger partial charge on any atom is -0.491 e. The van der Waals surface area contributed by atoms with Crippen LogP contribution in [0.3, 0.4) is 0 Å². The Hall–Kier alpha value is -1.84. The second-order valence-corrected chi connectivity index (χ2v) is 8.09. The van der Waals surface area contributed by atoms with Crippen molar-refractivity contribution in [3.05, 3.63) is 42.0 Å². The summed E-state index contributed by atoms with van der Waals surface area (Å²) >= 11 is 0. The average Bonchev–Trinajstić information content (AvgIpc) is 3.12. The molecule has 2 N–H and O–H groups in total. The van der Waals surface area contributed by atoms with Crippen LogP contribution in [0.2, 0.25) is 0 Å². The predicted molar refractivity (Wildman–Crippen MR) is 127 cm³/mol. The van der Waals surface area contributed by atoms with Crippen LogP contribution in [0.15, 0.2) is 35.6 Å². The molecule has 29 heavy (non-hydrogen) atoms. The lowest BCUT2D eigenvalue weighted by atomic mass is 9.86. The van der Waals surface area contributed by atoms with Crippen LogP contribution in [0, 0.1) is 0 Å². The minimum atomic E-state index is 0. The molecule has 8 heteroatoms. The van der Waals surface area contributed by atoms with Crippen LogP contribution in [-0.4, -0.2) is 46.5 Å². The first kappa shape index (κ1) is 23.4. The highest BCUT2D eigenvalue weighted by Crippen LogP contribution is 2.30. The highest BCUT2D eigenvalue weighted by Gasteiger charge is 2.21. The minimum absolute atomic E-state index is 0. The first-order valence-corrected chi connectivity index (χ1v) is 10.1. The number of nitrogens with one attached hydrogen (secondary N) is 2. The van der Waals surface area contributed by atoms with E-state index in [0.29, 0.717) is 19.2 Å². The lowest BCUT2D eigenvalue weighted by Gasteiger charge is -2.25. The first-order valence-electron chi connectivity index (χ1n) is 10.1. The van der Waals surface area contributed by atoms with Gasteiger partial charge in [-0.1, -0.05) is 39.0 Å². The highest BCUT2D eigenvalue weighted by atomic mass is 127. The van der Waals surface area contributed by atoms with Gasteiger partial charge in [-0.2, -0.15) is 5.10 Å². The molecule has 160 valence electrons. The third kappa shape index (κ3) is 6.58. The van der Waals surface area contributed by atoms with Crippen LogP contribution in [-0.2, 0) is 18.4 Å². The van der Waals surface area contributed by atoms with E-state index in [1.54, 1.807) is 6.33 Å². The number of rotatable bonds is 6. The summed E-state index contributed by atoms with van der Waals surface area (Å²) in [7, 11) is 0. The van der Waals surface area contributed by atoms with Crippen LogP contribution in [0.5, 0.6) is 5.75 Å². The molecule has 1 atom stereocenters. The monoisotopic (exact) mass is 512 g/mol. The highest BCUT2D eigenvalue weighted by molar-refractivity contribution is 14.0. The first-order chi connectivity index (χ1) is 13.5. The zero-order chi connectivity index (χ0) is 20.0. The van der Waals surface area contributed by atoms with Crippen molar-refractivity contribution in [1.29, 1.82) is 0 Å². The van der Waals surface area contributed by atoms with E-state index in [-0.39, 0.29) is 29.4 Å². The van der Waals surface area contributed by atoms with E-state index in [1.165, 1.54) is 5.56 Å². The molecule has 0 spiro atoms. The Morgan fingerprint density at radius 1 is 1.31 bits per heavy atom. The van der Waals surface area contributed by atoms with E-state index >= 15 is 0 Å². The van der Waals surface area contributed by atoms with E-state index in [4.69, 9.17) is 4.74 Å². The van der Waals surface area contributed by atoms with Crippen LogP contribution in [0.4, 0.5) is 0 Å². The smallest absolute Gasteiger partial charge is 0.191 e. The maximum Gasteiger partial charge on any atom is 0.191 e. The van der Waals surface area contributed by atoms with Crippen molar-refractivity contribution in [2.75, 3.05) is 19.7 Å². The number of ether oxygens (including phenoxy) is 1. The van der Waals surface area contributed by atoms with Gasteiger partial charge in [0.05, 0.1) is 13.1 Å². The molecule has 1 aliphatic heterocycles. The number of nitrogens with zero attached hydrogens (tertiary/aromatic N) is 4. The number of halogens is 1. The van der Waals surface area contributed by atoms with Crippen molar-refractivity contribution < 1.29 is 4.74 Å². The molecule has 0 radical (unpaired) electrons. The second-order valence-electron chi connectivity index (χ2n) is 8.09. The summed E-state index contributed by atoms with van der Waals surface area (Å²) in [5.41, 5.74) is 1.27. The summed E-state index contributed by atoms with van der Waals surface area (Å²) in [6.45, 7) is 11.4. The fourth-order valence-electron chi connectivity index (χ4n) is 3.39. The number of hydrogen-bond acceptors (Lipinski definition) is 4. The van der Waals surface area contributed by atoms with Crippen LogP contribution in [0.1, 0.15) is 45.5 Å². The Bertz CT molecular complexity index is 798. The number of fused-ring (bicyclic) bond motifs is 1. The molecule has 1 aromatic carbocycles. The van der Waals surface area contributed by atoms with Gasteiger partial charge in [0, 0.05) is 19.0 Å². The summed E-state index contributed by atoms with van der Waals surface area (Å²) in [6.07, 6.45) is 3.59. The number of benzene rings is 1. The molecule has 0 saturated heterocycles. The van der Waals surface area contributed by atoms with Crippen LogP contribution < -0.4 is 15.4 Å². The van der Waals surface area contributed by atoms with Crippen molar-refractivity contribution in [3.8, 4) is 5.75 Å². The molecule has 0 bridgehead atoms. The molecular weight excluding hydrogens is 479 g/mol. The van der Waals surface area contributed by atoms with Gasteiger partial charge < -0.3 is 15.4 Å². The molecule has 0 aliphatic carbocycles. The average molecular weight is 512 g/mol. The molecule has 0 fully saturated rings. The molecule has 3 rings (SSSR count). The Morgan fingerprint density at radius 2 is 2.10 bits per heavy atom. The van der Waals surface area contributed by atoms with Gasteiger partial charge in [-0.25, -0.2) is 14.7 Å². The molecule has 0 saturated carbocycles. The summed E-state index contributed by atoms with van der Waals surface area (Å²) < 4.78 is 8.00. The maximum absolute atomic E-state index is 6.03. The lowest BCUT2D eigenvalue weighted by Crippen LogP contribution is -2.47. The van der Waals surface area contributed by atoms with Gasteiger partial charge in [0.1, 0.15) is 24.5 Å². The SMILES string of the molecule is CCNC(=NCCOc1ccccc1C(C)(C)C)NC1CCc2ncnn2C1.I. The zero-order valence-corrected chi connectivity index (χ0v) is 20.1. The maximum atomic E-state index is 6.03. The van der Waals surface area contributed by atoms with Gasteiger partial charge in [0.2, 0.25) is 0 Å². The third-order valence-corrected chi connectivity index (χ3v) is 4.80. The fourth-order valence-corrected chi connectivity index (χ4v) is 3.39. The van der Waals surface area contributed by atoms with Crippen molar-refractivity contribution in [1.82, 2.24) is 25.4 Å². The van der Waals surface area contributed by atoms with E-state index in [9.17, 15) is 0 Å². The number of hydrogen-bond donors (Lipinski definition) is 2. The van der Waals surface area contributed by atoms with E-state index in [2.05, 4.69) is 65.5 Å². The second kappa shape index (κ2) is 10.8. The van der Waals surface area contributed by atoms with Crippen molar-refractivity contribution in [2.45, 2.75) is 58.5 Å². The molecule has 2 aromatic rings. The standard InChI is InChI=1S/C21H32N6O.HI/c1-5-22-20(26-16-10-11-19-24-15-25-27(19)14-16)23-12-13-28-18-9-7-6-8-17(18)21(2,3)4;/h6-9,15-16H,5,10-14H2,1-4H3,(H2,22,23,26);1H. The van der Waals surface area contributed by atoms with Gasteiger partial charge in [0.25, 0.3) is 0 Å². The number of aromatic nitrogens is 3. The normalized spacial score (nSPS) is 16.6. The summed E-state index contributed by atoms with van der Waals surface area (Å²) in [5.74, 6) is 2.82. The van der Waals surface area contributed by atoms with Gasteiger partial charge in [-0.3, -0.25) is 0 Å². The summed E-state index contributed by atoms with van der Waals surface area (Å²) in [4.78, 5) is 8.96. The number of aliphatic imine (C=N–C) groups is 1. The summed E-state index contributed by atoms with van der Waals surface area (Å²) in [6, 6.07) is 8.54.